The van der Waals surface area contributed by atoms with Crippen molar-refractivity contribution in [3.63, 3.8) is 0 Å². The molecule has 0 amide bonds. The number of aliphatic hydroxyl groups is 1. The first-order valence-electron chi connectivity index (χ1n) is 11.9. The maximum absolute atomic E-state index is 10.7. The van der Waals surface area contributed by atoms with Crippen molar-refractivity contribution in [2.45, 2.75) is 39.3 Å². The molecule has 1 aliphatic heterocycles. The summed E-state index contributed by atoms with van der Waals surface area (Å²) in [5.74, 6) is 2.01. The van der Waals surface area contributed by atoms with Crippen molar-refractivity contribution in [3.8, 4) is 11.3 Å². The lowest BCUT2D eigenvalue weighted by Gasteiger charge is -2.29. The Labute approximate surface area is 191 Å². The van der Waals surface area contributed by atoms with E-state index in [1.54, 1.807) is 0 Å². The topological polar surface area (TPSA) is 71.2 Å². The van der Waals surface area contributed by atoms with Gasteiger partial charge in [-0.05, 0) is 24.7 Å². The average Bonchev–Trinajstić information content (AvgIpc) is 3.51. The summed E-state index contributed by atoms with van der Waals surface area (Å²) >= 11 is 0. The second kappa shape index (κ2) is 11.3. The van der Waals surface area contributed by atoms with Crippen LogP contribution in [-0.2, 0) is 16.0 Å². The van der Waals surface area contributed by atoms with Gasteiger partial charge in [0.15, 0.2) is 0 Å². The molecule has 1 aromatic carbocycles. The summed E-state index contributed by atoms with van der Waals surface area (Å²) in [6.07, 6.45) is 2.02. The van der Waals surface area contributed by atoms with E-state index in [-0.39, 0.29) is 0 Å². The zero-order valence-electron chi connectivity index (χ0n) is 19.4. The number of hydrogen-bond donors (Lipinski definition) is 1. The van der Waals surface area contributed by atoms with E-state index in [1.807, 2.05) is 18.2 Å². The third-order valence-electron chi connectivity index (χ3n) is 5.94. The number of ether oxygens (including phenoxy) is 2. The maximum Gasteiger partial charge on any atom is 0.232 e. The molecule has 2 heterocycles. The van der Waals surface area contributed by atoms with Crippen LogP contribution in [0.1, 0.15) is 32.3 Å². The van der Waals surface area contributed by atoms with Gasteiger partial charge in [-0.1, -0.05) is 49.3 Å². The van der Waals surface area contributed by atoms with Crippen LogP contribution >= 0.6 is 0 Å². The smallest absolute Gasteiger partial charge is 0.232 e. The molecule has 1 N–H and O–H groups in total. The van der Waals surface area contributed by atoms with Gasteiger partial charge in [-0.15, -0.1) is 0 Å². The van der Waals surface area contributed by atoms with E-state index in [2.05, 4.69) is 40.9 Å². The SMILES string of the molecule is CC(C)COC[C@H](O)CN(Cc1c(-c2ccccc2)noc1N1CCOCC1)CC1CC1. The van der Waals surface area contributed by atoms with Crippen LogP contribution in [0.5, 0.6) is 0 Å². The Morgan fingerprint density at radius 3 is 2.59 bits per heavy atom. The summed E-state index contributed by atoms with van der Waals surface area (Å²) in [4.78, 5) is 4.58. The fourth-order valence-electron chi connectivity index (χ4n) is 4.16. The van der Waals surface area contributed by atoms with Crippen LogP contribution in [0.2, 0.25) is 0 Å². The summed E-state index contributed by atoms with van der Waals surface area (Å²) in [6.45, 7) is 10.5. The van der Waals surface area contributed by atoms with Crippen molar-refractivity contribution in [2.75, 3.05) is 57.5 Å². The monoisotopic (exact) mass is 443 g/mol. The molecule has 176 valence electrons. The first-order valence-corrected chi connectivity index (χ1v) is 11.9. The summed E-state index contributed by atoms with van der Waals surface area (Å²) in [6, 6.07) is 10.2. The molecule has 0 radical (unpaired) electrons. The molecule has 2 aromatic rings. The average molecular weight is 444 g/mol. The van der Waals surface area contributed by atoms with Crippen molar-refractivity contribution < 1.29 is 19.1 Å². The van der Waals surface area contributed by atoms with Gasteiger partial charge in [0.05, 0.1) is 31.5 Å². The Balaban J connectivity index is 1.53. The van der Waals surface area contributed by atoms with E-state index >= 15 is 0 Å². The van der Waals surface area contributed by atoms with Gasteiger partial charge in [-0.3, -0.25) is 4.90 Å². The Kier molecular flexibility index (Phi) is 8.19. The number of anilines is 1. The van der Waals surface area contributed by atoms with E-state index in [1.165, 1.54) is 12.8 Å². The highest BCUT2D eigenvalue weighted by atomic mass is 16.5. The molecular weight excluding hydrogens is 406 g/mol. The minimum Gasteiger partial charge on any atom is -0.389 e. The number of benzene rings is 1. The van der Waals surface area contributed by atoms with Crippen LogP contribution in [0.25, 0.3) is 11.3 Å². The molecule has 2 fully saturated rings. The van der Waals surface area contributed by atoms with E-state index in [9.17, 15) is 5.11 Å². The van der Waals surface area contributed by atoms with Gasteiger partial charge in [0.1, 0.15) is 5.69 Å². The van der Waals surface area contributed by atoms with Crippen molar-refractivity contribution in [1.29, 1.82) is 0 Å². The Hall–Kier alpha value is -1.93. The number of hydrogen-bond acceptors (Lipinski definition) is 7. The lowest BCUT2D eigenvalue weighted by molar-refractivity contribution is 0.00620. The molecule has 1 atom stereocenters. The Bertz CT molecular complexity index is 816. The Morgan fingerprint density at radius 2 is 1.91 bits per heavy atom. The van der Waals surface area contributed by atoms with E-state index in [0.717, 1.165) is 42.3 Å². The highest BCUT2D eigenvalue weighted by Gasteiger charge is 2.30. The summed E-state index contributed by atoms with van der Waals surface area (Å²) in [7, 11) is 0. The zero-order valence-corrected chi connectivity index (χ0v) is 19.4. The highest BCUT2D eigenvalue weighted by Crippen LogP contribution is 2.35. The third-order valence-corrected chi connectivity index (χ3v) is 5.94. The predicted molar refractivity (Wildman–Crippen MR) is 125 cm³/mol. The molecule has 7 nitrogen and oxygen atoms in total. The van der Waals surface area contributed by atoms with Crippen molar-refractivity contribution in [1.82, 2.24) is 10.1 Å². The number of nitrogens with zero attached hydrogens (tertiary/aromatic N) is 3. The lowest BCUT2D eigenvalue weighted by Crippen LogP contribution is -2.38. The first kappa shape index (κ1) is 23.2. The van der Waals surface area contributed by atoms with Crippen LogP contribution < -0.4 is 4.90 Å². The van der Waals surface area contributed by atoms with Gasteiger partial charge in [0.25, 0.3) is 0 Å². The molecule has 7 heteroatoms. The number of rotatable bonds is 12. The summed E-state index contributed by atoms with van der Waals surface area (Å²) < 4.78 is 17.2. The van der Waals surface area contributed by atoms with Crippen LogP contribution in [0.4, 0.5) is 5.88 Å². The first-order chi connectivity index (χ1) is 15.6. The maximum atomic E-state index is 10.7. The highest BCUT2D eigenvalue weighted by molar-refractivity contribution is 5.68. The quantitative estimate of drug-likeness (QED) is 0.539. The standard InChI is InChI=1S/C25H37N3O4/c1-19(2)17-31-18-22(29)15-27(14-20-8-9-20)16-23-24(21-6-4-3-5-7-21)26-32-25(23)28-10-12-30-13-11-28/h3-7,19-20,22,29H,8-18H2,1-2H3/t22-/m1/s1. The summed E-state index contributed by atoms with van der Waals surface area (Å²) in [5, 5.41) is 15.2. The molecule has 2 aliphatic rings. The molecule has 0 spiro atoms. The third kappa shape index (κ3) is 6.54. The number of aliphatic hydroxyl groups excluding tert-OH is 1. The zero-order chi connectivity index (χ0) is 22.3. The normalized spacial score (nSPS) is 18.0. The van der Waals surface area contributed by atoms with Gasteiger partial charge >= 0.3 is 0 Å². The predicted octanol–water partition coefficient (Wildman–Crippen LogP) is 3.42. The summed E-state index contributed by atoms with van der Waals surface area (Å²) in [5.41, 5.74) is 3.03. The fourth-order valence-corrected chi connectivity index (χ4v) is 4.16. The van der Waals surface area contributed by atoms with Gasteiger partial charge in [-0.2, -0.15) is 0 Å². The molecule has 0 unspecified atom stereocenters. The van der Waals surface area contributed by atoms with Gasteiger partial charge in [0.2, 0.25) is 5.88 Å². The second-order valence-corrected chi connectivity index (χ2v) is 9.50. The van der Waals surface area contributed by atoms with Crippen LogP contribution in [0, 0.1) is 11.8 Å². The number of aromatic nitrogens is 1. The van der Waals surface area contributed by atoms with Crippen LogP contribution in [-0.4, -0.2) is 73.9 Å². The largest absolute Gasteiger partial charge is 0.389 e. The molecule has 1 saturated carbocycles. The van der Waals surface area contributed by atoms with Crippen molar-refractivity contribution >= 4 is 5.88 Å². The van der Waals surface area contributed by atoms with E-state index in [0.29, 0.717) is 51.4 Å². The Morgan fingerprint density at radius 1 is 1.16 bits per heavy atom. The number of morpholine rings is 1. The molecule has 4 rings (SSSR count). The van der Waals surface area contributed by atoms with E-state index < -0.39 is 6.10 Å². The fraction of sp³-hybridized carbons (Fsp3) is 0.640. The molecular formula is C25H37N3O4. The van der Waals surface area contributed by atoms with Crippen molar-refractivity contribution in [3.05, 3.63) is 35.9 Å². The van der Waals surface area contributed by atoms with Crippen LogP contribution in [0.15, 0.2) is 34.9 Å². The van der Waals surface area contributed by atoms with Gasteiger partial charge in [-0.25, -0.2) is 0 Å². The molecule has 1 saturated heterocycles. The van der Waals surface area contributed by atoms with E-state index in [4.69, 9.17) is 14.0 Å². The molecule has 0 bridgehead atoms. The van der Waals surface area contributed by atoms with Crippen molar-refractivity contribution in [2.24, 2.45) is 11.8 Å². The minimum atomic E-state index is -0.514. The molecule has 32 heavy (non-hydrogen) atoms. The lowest BCUT2D eigenvalue weighted by atomic mass is 10.1. The second-order valence-electron chi connectivity index (χ2n) is 9.50. The minimum absolute atomic E-state index is 0.366. The molecule has 1 aliphatic carbocycles. The van der Waals surface area contributed by atoms with Crippen LogP contribution in [0.3, 0.4) is 0 Å². The molecule has 1 aromatic heterocycles. The van der Waals surface area contributed by atoms with Gasteiger partial charge < -0.3 is 24.0 Å². The van der Waals surface area contributed by atoms with Gasteiger partial charge in [0, 0.05) is 44.9 Å².